The number of aliphatic hydroxyl groups excluding tert-OH is 1. The molecule has 0 bridgehead atoms. The van der Waals surface area contributed by atoms with Crippen molar-refractivity contribution >= 4 is 15.6 Å². The molecule has 1 aromatic heterocycles. The summed E-state index contributed by atoms with van der Waals surface area (Å²) in [7, 11) is -8.71. The van der Waals surface area contributed by atoms with Crippen LogP contribution in [0.3, 0.4) is 0 Å². The molecule has 2 fully saturated rings. The van der Waals surface area contributed by atoms with E-state index in [-0.39, 0.29) is 24.5 Å². The van der Waals surface area contributed by atoms with E-state index >= 15 is 0 Å². The average molecular weight is 530 g/mol. The summed E-state index contributed by atoms with van der Waals surface area (Å²) < 4.78 is 55.4. The molecule has 34 heavy (non-hydrogen) atoms. The van der Waals surface area contributed by atoms with E-state index < -0.39 is 64.3 Å². The van der Waals surface area contributed by atoms with Gasteiger partial charge in [-0.15, -0.1) is 0 Å². The second-order valence-corrected chi connectivity index (χ2v) is 10.9. The van der Waals surface area contributed by atoms with Crippen LogP contribution < -0.4 is 11.2 Å². The van der Waals surface area contributed by atoms with Gasteiger partial charge in [0.05, 0.1) is 24.9 Å². The first-order chi connectivity index (χ1) is 15.8. The second kappa shape index (κ2) is 10.8. The number of rotatable bonds is 9. The van der Waals surface area contributed by atoms with Crippen LogP contribution in [0.4, 0.5) is 0 Å². The SMILES string of the molecule is CO[C@H]1CCC(OP(=O)(O)OP(=O)(O)OC[C@H]2O[C@@H](n3cc(C)c(=O)[nH]c3=O)C[C@@H]2O)O[C@H]1C. The number of nitrogens with one attached hydrogen (secondary N) is 1. The van der Waals surface area contributed by atoms with Crippen molar-refractivity contribution in [3.63, 3.8) is 0 Å². The number of phosphoric ester groups is 2. The fourth-order valence-corrected chi connectivity index (χ4v) is 5.82. The fraction of sp³-hybridized carbons (Fsp3) is 0.765. The van der Waals surface area contributed by atoms with E-state index in [0.717, 1.165) is 4.57 Å². The Bertz CT molecular complexity index is 1070. The number of phosphoric acid groups is 2. The maximum atomic E-state index is 12.2. The van der Waals surface area contributed by atoms with Gasteiger partial charge in [0, 0.05) is 31.7 Å². The van der Waals surface area contributed by atoms with Gasteiger partial charge in [-0.1, -0.05) is 0 Å². The summed E-state index contributed by atoms with van der Waals surface area (Å²) in [5, 5.41) is 10.2. The lowest BCUT2D eigenvalue weighted by Gasteiger charge is -2.33. The molecule has 194 valence electrons. The molecule has 2 aliphatic rings. The monoisotopic (exact) mass is 530 g/mol. The first-order valence-electron chi connectivity index (χ1n) is 10.3. The van der Waals surface area contributed by atoms with Gasteiger partial charge in [-0.2, -0.15) is 4.31 Å². The van der Waals surface area contributed by atoms with Crippen LogP contribution in [0.1, 0.15) is 38.0 Å². The molecule has 1 aromatic rings. The van der Waals surface area contributed by atoms with Gasteiger partial charge < -0.3 is 29.1 Å². The summed E-state index contributed by atoms with van der Waals surface area (Å²) in [4.78, 5) is 45.3. The molecular weight excluding hydrogens is 502 g/mol. The van der Waals surface area contributed by atoms with Gasteiger partial charge in [-0.3, -0.25) is 23.4 Å². The number of nitrogens with zero attached hydrogens (tertiary/aromatic N) is 1. The Labute approximate surface area is 193 Å². The summed E-state index contributed by atoms with van der Waals surface area (Å²) in [6, 6.07) is 0. The molecule has 0 aromatic carbocycles. The van der Waals surface area contributed by atoms with Gasteiger partial charge in [0.25, 0.3) is 5.56 Å². The molecular formula is C17H28N2O13P2. The van der Waals surface area contributed by atoms with E-state index in [1.54, 1.807) is 6.92 Å². The molecule has 2 aliphatic heterocycles. The van der Waals surface area contributed by atoms with Crippen LogP contribution in [0.25, 0.3) is 0 Å². The Morgan fingerprint density at radius 2 is 1.91 bits per heavy atom. The molecule has 8 atom stereocenters. The van der Waals surface area contributed by atoms with Crippen LogP contribution in [0.15, 0.2) is 15.8 Å². The molecule has 0 radical (unpaired) electrons. The molecule has 3 unspecified atom stereocenters. The number of aryl methyl sites for hydroxylation is 1. The van der Waals surface area contributed by atoms with Crippen LogP contribution in [-0.2, 0) is 36.7 Å². The van der Waals surface area contributed by atoms with Crippen molar-refractivity contribution in [3.05, 3.63) is 32.6 Å². The van der Waals surface area contributed by atoms with Crippen molar-refractivity contribution < 1.29 is 51.6 Å². The minimum absolute atomic E-state index is 0.0860. The van der Waals surface area contributed by atoms with Crippen LogP contribution in [0.5, 0.6) is 0 Å². The standard InChI is InChI=1S/C17H28N2O13P2/c1-9-7-19(17(22)18-16(9)21)14-6-11(20)13(30-14)8-28-33(23,24)32-34(25,26)31-15-5-4-12(27-3)10(2)29-15/h7,10-15,20H,4-6,8H2,1-3H3,(H,23,24)(H,25,26)(H,18,21,22)/t10-,11-,12-,13+,14+,15?/m0/s1. The Kier molecular flexibility index (Phi) is 8.70. The predicted octanol–water partition coefficient (Wildman–Crippen LogP) is 0.284. The molecule has 3 heterocycles. The molecule has 4 N–H and O–H groups in total. The molecule has 0 saturated carbocycles. The summed E-state index contributed by atoms with van der Waals surface area (Å²) in [5.74, 6) is 0. The van der Waals surface area contributed by atoms with Gasteiger partial charge in [-0.05, 0) is 20.3 Å². The van der Waals surface area contributed by atoms with Gasteiger partial charge in [0.2, 0.25) is 0 Å². The van der Waals surface area contributed by atoms with E-state index in [1.165, 1.54) is 20.2 Å². The highest BCUT2D eigenvalue weighted by atomic mass is 31.3. The smallest absolute Gasteiger partial charge is 0.390 e. The maximum Gasteiger partial charge on any atom is 0.483 e. The Hall–Kier alpha value is -1.22. The number of aromatic amines is 1. The van der Waals surface area contributed by atoms with Crippen molar-refractivity contribution in [3.8, 4) is 0 Å². The number of methoxy groups -OCH3 is 1. The van der Waals surface area contributed by atoms with Crippen LogP contribution in [0.2, 0.25) is 0 Å². The van der Waals surface area contributed by atoms with E-state index in [2.05, 4.69) is 9.29 Å². The third-order valence-corrected chi connectivity index (χ3v) is 8.03. The first-order valence-corrected chi connectivity index (χ1v) is 13.3. The van der Waals surface area contributed by atoms with Crippen molar-refractivity contribution in [2.45, 2.75) is 70.0 Å². The Morgan fingerprint density at radius 1 is 1.21 bits per heavy atom. The third-order valence-electron chi connectivity index (χ3n) is 5.40. The average Bonchev–Trinajstić information content (AvgIpc) is 3.08. The normalized spacial score (nSPS) is 33.4. The minimum Gasteiger partial charge on any atom is -0.390 e. The van der Waals surface area contributed by atoms with Gasteiger partial charge in [0.1, 0.15) is 12.3 Å². The summed E-state index contributed by atoms with van der Waals surface area (Å²) in [6.45, 7) is 2.44. The summed E-state index contributed by atoms with van der Waals surface area (Å²) >= 11 is 0. The number of hydrogen-bond donors (Lipinski definition) is 4. The van der Waals surface area contributed by atoms with Crippen molar-refractivity contribution in [1.82, 2.24) is 9.55 Å². The topological polar surface area (TPSA) is 205 Å². The lowest BCUT2D eigenvalue weighted by atomic mass is 10.1. The molecule has 17 heteroatoms. The number of ether oxygens (including phenoxy) is 3. The summed E-state index contributed by atoms with van der Waals surface area (Å²) in [6.07, 6.45) is -3.42. The zero-order chi connectivity index (χ0) is 25.3. The predicted molar refractivity (Wildman–Crippen MR) is 113 cm³/mol. The molecule has 15 nitrogen and oxygen atoms in total. The molecule has 0 spiro atoms. The number of aromatic nitrogens is 2. The van der Waals surface area contributed by atoms with E-state index in [1.807, 2.05) is 0 Å². The summed E-state index contributed by atoms with van der Waals surface area (Å²) in [5.41, 5.74) is -1.10. The van der Waals surface area contributed by atoms with Crippen molar-refractivity contribution in [2.75, 3.05) is 13.7 Å². The number of aliphatic hydroxyl groups is 1. The van der Waals surface area contributed by atoms with E-state index in [9.17, 15) is 33.6 Å². The second-order valence-electron chi connectivity index (χ2n) is 7.95. The van der Waals surface area contributed by atoms with Crippen LogP contribution in [-0.4, -0.2) is 68.9 Å². The van der Waals surface area contributed by atoms with E-state index in [0.29, 0.717) is 6.42 Å². The van der Waals surface area contributed by atoms with Crippen LogP contribution >= 0.6 is 15.6 Å². The van der Waals surface area contributed by atoms with Gasteiger partial charge >= 0.3 is 21.3 Å². The first kappa shape index (κ1) is 27.4. The highest BCUT2D eigenvalue weighted by Gasteiger charge is 2.42. The lowest BCUT2D eigenvalue weighted by Crippen LogP contribution is -2.38. The van der Waals surface area contributed by atoms with Crippen LogP contribution in [0, 0.1) is 6.92 Å². The minimum atomic E-state index is -5.13. The highest BCUT2D eigenvalue weighted by molar-refractivity contribution is 7.61. The van der Waals surface area contributed by atoms with Crippen molar-refractivity contribution in [1.29, 1.82) is 0 Å². The Balaban J connectivity index is 1.55. The fourth-order valence-electron chi connectivity index (χ4n) is 3.64. The molecule has 3 rings (SSSR count). The Morgan fingerprint density at radius 3 is 2.56 bits per heavy atom. The molecule has 0 aliphatic carbocycles. The number of hydrogen-bond acceptors (Lipinski definition) is 11. The quantitative estimate of drug-likeness (QED) is 0.317. The third kappa shape index (κ3) is 6.93. The van der Waals surface area contributed by atoms with Crippen molar-refractivity contribution in [2.24, 2.45) is 0 Å². The highest BCUT2D eigenvalue weighted by Crippen LogP contribution is 2.61. The maximum absolute atomic E-state index is 12.2. The van der Waals surface area contributed by atoms with Gasteiger partial charge in [-0.25, -0.2) is 13.9 Å². The number of H-pyrrole nitrogens is 1. The zero-order valence-corrected chi connectivity index (χ0v) is 20.4. The molecule has 0 amide bonds. The zero-order valence-electron chi connectivity index (χ0n) is 18.6. The van der Waals surface area contributed by atoms with Gasteiger partial charge in [0.15, 0.2) is 6.29 Å². The largest absolute Gasteiger partial charge is 0.483 e. The lowest BCUT2D eigenvalue weighted by molar-refractivity contribution is -0.191. The molecule has 2 saturated heterocycles. The van der Waals surface area contributed by atoms with E-state index in [4.69, 9.17) is 23.3 Å².